The number of urea groups is 1. The van der Waals surface area contributed by atoms with E-state index in [0.717, 1.165) is 12.1 Å². The Bertz CT molecular complexity index is 754. The summed E-state index contributed by atoms with van der Waals surface area (Å²) in [7, 11) is -2.31. The molecule has 1 saturated heterocycles. The highest BCUT2D eigenvalue weighted by Crippen LogP contribution is 2.18. The second-order valence-electron chi connectivity index (χ2n) is 5.99. The van der Waals surface area contributed by atoms with Crippen LogP contribution in [0.3, 0.4) is 0 Å². The molecule has 0 aliphatic carbocycles. The fraction of sp³-hybridized carbons (Fsp3) is 0.500. The van der Waals surface area contributed by atoms with E-state index in [0.29, 0.717) is 26.1 Å². The molecule has 0 bridgehead atoms. The molecule has 1 atom stereocenters. The van der Waals surface area contributed by atoms with Gasteiger partial charge in [-0.15, -0.1) is 0 Å². The standard InChI is InChI=1S/C16H23FN4O4S/c1-12(15(22)19-16(23)18-2)20-8-3-9-21(11-10-20)26(24,25)14-6-4-13(17)5-7-14/h4-7,12H,3,8-11H2,1-2H3,(H2,18,19,22,23). The zero-order chi connectivity index (χ0) is 19.3. The molecule has 0 radical (unpaired) electrons. The minimum Gasteiger partial charge on any atom is -0.341 e. The van der Waals surface area contributed by atoms with Crippen LogP contribution in [0.5, 0.6) is 0 Å². The van der Waals surface area contributed by atoms with Gasteiger partial charge in [0.2, 0.25) is 15.9 Å². The van der Waals surface area contributed by atoms with Crippen LogP contribution in [0.2, 0.25) is 0 Å². The number of sulfonamides is 1. The summed E-state index contributed by atoms with van der Waals surface area (Å²) in [6, 6.07) is 3.56. The number of hydrogen-bond donors (Lipinski definition) is 2. The molecule has 1 aliphatic heterocycles. The predicted octanol–water partition coefficient (Wildman–Crippen LogP) is 0.366. The molecule has 0 aromatic heterocycles. The van der Waals surface area contributed by atoms with Crippen molar-refractivity contribution in [3.05, 3.63) is 30.1 Å². The van der Waals surface area contributed by atoms with Gasteiger partial charge in [0.15, 0.2) is 0 Å². The molecule has 2 N–H and O–H groups in total. The number of rotatable bonds is 4. The number of carbonyl (C=O) groups is 2. The van der Waals surface area contributed by atoms with Crippen LogP contribution in [0.1, 0.15) is 13.3 Å². The van der Waals surface area contributed by atoms with Gasteiger partial charge in [0.1, 0.15) is 5.82 Å². The number of halogens is 1. The monoisotopic (exact) mass is 386 g/mol. The van der Waals surface area contributed by atoms with Gasteiger partial charge in [0.25, 0.3) is 0 Å². The van der Waals surface area contributed by atoms with Crippen molar-refractivity contribution in [2.45, 2.75) is 24.3 Å². The van der Waals surface area contributed by atoms with Crippen molar-refractivity contribution in [3.8, 4) is 0 Å². The fourth-order valence-corrected chi connectivity index (χ4v) is 4.21. The number of nitrogens with one attached hydrogen (secondary N) is 2. The summed E-state index contributed by atoms with van der Waals surface area (Å²) in [6.07, 6.45) is 0.540. The third-order valence-electron chi connectivity index (χ3n) is 4.33. The zero-order valence-corrected chi connectivity index (χ0v) is 15.6. The molecule has 1 fully saturated rings. The summed E-state index contributed by atoms with van der Waals surface area (Å²) in [4.78, 5) is 25.2. The molecule has 1 aliphatic rings. The number of amides is 3. The van der Waals surface area contributed by atoms with Crippen molar-refractivity contribution in [3.63, 3.8) is 0 Å². The van der Waals surface area contributed by atoms with E-state index >= 15 is 0 Å². The Morgan fingerprint density at radius 3 is 2.38 bits per heavy atom. The Hall–Kier alpha value is -2.04. The molecule has 26 heavy (non-hydrogen) atoms. The first-order valence-electron chi connectivity index (χ1n) is 8.28. The van der Waals surface area contributed by atoms with Crippen LogP contribution in [0.15, 0.2) is 29.2 Å². The maximum Gasteiger partial charge on any atom is 0.321 e. The van der Waals surface area contributed by atoms with Crippen LogP contribution >= 0.6 is 0 Å². The van der Waals surface area contributed by atoms with Gasteiger partial charge in [-0.05, 0) is 37.6 Å². The highest BCUT2D eigenvalue weighted by molar-refractivity contribution is 7.89. The molecule has 10 heteroatoms. The Labute approximate surface area is 152 Å². The van der Waals surface area contributed by atoms with Crippen molar-refractivity contribution < 1.29 is 22.4 Å². The third kappa shape index (κ3) is 4.77. The topological polar surface area (TPSA) is 98.8 Å². The Balaban J connectivity index is 2.04. The summed E-state index contributed by atoms with van der Waals surface area (Å²) in [5, 5.41) is 4.53. The summed E-state index contributed by atoms with van der Waals surface area (Å²) < 4.78 is 39.8. The molecule has 1 heterocycles. The summed E-state index contributed by atoms with van der Waals surface area (Å²) in [5.41, 5.74) is 0. The van der Waals surface area contributed by atoms with E-state index in [-0.39, 0.29) is 11.4 Å². The molecule has 8 nitrogen and oxygen atoms in total. The van der Waals surface area contributed by atoms with Crippen LogP contribution < -0.4 is 10.6 Å². The van der Waals surface area contributed by atoms with E-state index < -0.39 is 33.8 Å². The predicted molar refractivity (Wildman–Crippen MR) is 93.4 cm³/mol. The molecular weight excluding hydrogens is 363 g/mol. The molecule has 0 saturated carbocycles. The Morgan fingerprint density at radius 2 is 1.77 bits per heavy atom. The highest BCUT2D eigenvalue weighted by atomic mass is 32.2. The maximum absolute atomic E-state index is 13.0. The highest BCUT2D eigenvalue weighted by Gasteiger charge is 2.30. The minimum atomic E-state index is -3.72. The van der Waals surface area contributed by atoms with Crippen molar-refractivity contribution in [1.82, 2.24) is 19.8 Å². The molecule has 1 unspecified atom stereocenters. The van der Waals surface area contributed by atoms with Crippen LogP contribution in [0.25, 0.3) is 0 Å². The van der Waals surface area contributed by atoms with Gasteiger partial charge in [-0.25, -0.2) is 17.6 Å². The van der Waals surface area contributed by atoms with Gasteiger partial charge in [-0.1, -0.05) is 0 Å². The van der Waals surface area contributed by atoms with Gasteiger partial charge >= 0.3 is 6.03 Å². The number of carbonyl (C=O) groups excluding carboxylic acids is 2. The summed E-state index contributed by atoms with van der Waals surface area (Å²) in [5.74, 6) is -0.943. The van der Waals surface area contributed by atoms with E-state index in [9.17, 15) is 22.4 Å². The smallest absolute Gasteiger partial charge is 0.321 e. The molecule has 144 valence electrons. The van der Waals surface area contributed by atoms with E-state index in [1.807, 2.05) is 4.90 Å². The van der Waals surface area contributed by atoms with Crippen molar-refractivity contribution in [1.29, 1.82) is 0 Å². The zero-order valence-electron chi connectivity index (χ0n) is 14.7. The first kappa shape index (κ1) is 20.3. The molecule has 1 aromatic rings. The van der Waals surface area contributed by atoms with E-state index in [2.05, 4.69) is 10.6 Å². The SMILES string of the molecule is CNC(=O)NC(=O)C(C)N1CCCN(S(=O)(=O)c2ccc(F)cc2)CC1. The Kier molecular flexibility index (Phi) is 6.68. The molecule has 2 rings (SSSR count). The summed E-state index contributed by atoms with van der Waals surface area (Å²) >= 11 is 0. The third-order valence-corrected chi connectivity index (χ3v) is 6.24. The summed E-state index contributed by atoms with van der Waals surface area (Å²) in [6.45, 7) is 3.06. The molecule has 0 spiro atoms. The molecule has 1 aromatic carbocycles. The number of benzene rings is 1. The van der Waals surface area contributed by atoms with Gasteiger partial charge in [0, 0.05) is 33.2 Å². The van der Waals surface area contributed by atoms with Crippen molar-refractivity contribution in [2.75, 3.05) is 33.2 Å². The average molecular weight is 386 g/mol. The average Bonchev–Trinajstić information content (AvgIpc) is 2.87. The largest absolute Gasteiger partial charge is 0.341 e. The van der Waals surface area contributed by atoms with E-state index in [4.69, 9.17) is 0 Å². The minimum absolute atomic E-state index is 0.0396. The number of imide groups is 1. The lowest BCUT2D eigenvalue weighted by Crippen LogP contribution is -2.50. The quantitative estimate of drug-likeness (QED) is 0.779. The van der Waals surface area contributed by atoms with E-state index in [1.54, 1.807) is 6.92 Å². The fourth-order valence-electron chi connectivity index (χ4n) is 2.74. The molecule has 3 amide bonds. The van der Waals surface area contributed by atoms with Gasteiger partial charge in [-0.3, -0.25) is 15.0 Å². The van der Waals surface area contributed by atoms with Gasteiger partial charge in [-0.2, -0.15) is 4.31 Å². The second kappa shape index (κ2) is 8.56. The second-order valence-corrected chi connectivity index (χ2v) is 7.93. The first-order valence-corrected chi connectivity index (χ1v) is 9.72. The van der Waals surface area contributed by atoms with Gasteiger partial charge in [0.05, 0.1) is 10.9 Å². The number of nitrogens with zero attached hydrogens (tertiary/aromatic N) is 2. The number of hydrogen-bond acceptors (Lipinski definition) is 5. The first-order chi connectivity index (χ1) is 12.3. The Morgan fingerprint density at radius 1 is 1.12 bits per heavy atom. The lowest BCUT2D eigenvalue weighted by Gasteiger charge is -2.26. The lowest BCUT2D eigenvalue weighted by atomic mass is 10.2. The van der Waals surface area contributed by atoms with Crippen LogP contribution in [-0.4, -0.2) is 68.8 Å². The lowest BCUT2D eigenvalue weighted by molar-refractivity contribution is -0.124. The maximum atomic E-state index is 13.0. The molecular formula is C16H23FN4O4S. The van der Waals surface area contributed by atoms with E-state index in [1.165, 1.54) is 23.5 Å². The van der Waals surface area contributed by atoms with Crippen LogP contribution in [-0.2, 0) is 14.8 Å². The van der Waals surface area contributed by atoms with Crippen LogP contribution in [0.4, 0.5) is 9.18 Å². The van der Waals surface area contributed by atoms with Crippen molar-refractivity contribution in [2.24, 2.45) is 0 Å². The van der Waals surface area contributed by atoms with Crippen LogP contribution in [0, 0.1) is 5.82 Å². The normalized spacial score (nSPS) is 18.0. The van der Waals surface area contributed by atoms with Crippen molar-refractivity contribution >= 4 is 22.0 Å². The van der Waals surface area contributed by atoms with Gasteiger partial charge < -0.3 is 5.32 Å².